The molecule has 0 heteroatoms. The van der Waals surface area contributed by atoms with E-state index in [-0.39, 0.29) is 0 Å². The molecule has 0 aromatic carbocycles. The molecule has 0 aromatic rings. The van der Waals surface area contributed by atoms with Gasteiger partial charge in [0.1, 0.15) is 0 Å². The maximum absolute atomic E-state index is 3.90. The second-order valence-corrected chi connectivity index (χ2v) is 2.36. The first kappa shape index (κ1) is 9.22. The van der Waals surface area contributed by atoms with Crippen LogP contribution in [0.1, 0.15) is 26.2 Å². The molecule has 0 aliphatic rings. The summed E-state index contributed by atoms with van der Waals surface area (Å²) >= 11 is 0. The predicted molar refractivity (Wildman–Crippen MR) is 48.0 cm³/mol. The zero-order chi connectivity index (χ0) is 7.82. The molecule has 0 saturated carbocycles. The van der Waals surface area contributed by atoms with Crippen molar-refractivity contribution in [2.45, 2.75) is 26.2 Å². The molecule has 0 radical (unpaired) electrons. The van der Waals surface area contributed by atoms with E-state index in [1.165, 1.54) is 18.4 Å². The molecular formula is C10H16. The van der Waals surface area contributed by atoms with Crippen molar-refractivity contribution < 1.29 is 0 Å². The highest BCUT2D eigenvalue weighted by atomic mass is 13.9. The van der Waals surface area contributed by atoms with Crippen LogP contribution in [0.5, 0.6) is 0 Å². The fourth-order valence-electron chi connectivity index (χ4n) is 0.691. The van der Waals surface area contributed by atoms with Crippen LogP contribution in [0.25, 0.3) is 0 Å². The van der Waals surface area contributed by atoms with Gasteiger partial charge >= 0.3 is 0 Å². The third-order valence-corrected chi connectivity index (χ3v) is 1.32. The van der Waals surface area contributed by atoms with E-state index in [9.17, 15) is 0 Å². The van der Waals surface area contributed by atoms with E-state index < -0.39 is 0 Å². The Morgan fingerprint density at radius 1 is 1.50 bits per heavy atom. The Morgan fingerprint density at radius 3 is 2.70 bits per heavy atom. The van der Waals surface area contributed by atoms with E-state index in [0.717, 1.165) is 6.42 Å². The van der Waals surface area contributed by atoms with E-state index >= 15 is 0 Å². The molecule has 0 bridgehead atoms. The first-order valence-corrected chi connectivity index (χ1v) is 3.78. The van der Waals surface area contributed by atoms with Crippen LogP contribution in [0, 0.1) is 0 Å². The average molecular weight is 136 g/mol. The lowest BCUT2D eigenvalue weighted by atomic mass is 10.1. The summed E-state index contributed by atoms with van der Waals surface area (Å²) in [5.41, 5.74) is 1.20. The predicted octanol–water partition coefficient (Wildman–Crippen LogP) is 3.48. The topological polar surface area (TPSA) is 0 Å². The monoisotopic (exact) mass is 136 g/mol. The number of hydrogen-bond acceptors (Lipinski definition) is 0. The van der Waals surface area contributed by atoms with E-state index in [1.807, 2.05) is 12.2 Å². The zero-order valence-corrected chi connectivity index (χ0v) is 6.77. The lowest BCUT2D eigenvalue weighted by Gasteiger charge is -1.94. The van der Waals surface area contributed by atoms with Crippen molar-refractivity contribution in [2.24, 2.45) is 0 Å². The van der Waals surface area contributed by atoms with Crippen LogP contribution in [-0.2, 0) is 0 Å². The maximum atomic E-state index is 3.90. The molecule has 0 nitrogen and oxygen atoms in total. The first-order valence-electron chi connectivity index (χ1n) is 3.78. The van der Waals surface area contributed by atoms with Gasteiger partial charge in [0.15, 0.2) is 0 Å². The van der Waals surface area contributed by atoms with Crippen molar-refractivity contribution in [1.82, 2.24) is 0 Å². The third-order valence-electron chi connectivity index (χ3n) is 1.32. The minimum atomic E-state index is 1.11. The van der Waals surface area contributed by atoms with Crippen LogP contribution in [0.3, 0.4) is 0 Å². The highest BCUT2D eigenvalue weighted by Gasteiger charge is 1.85. The molecule has 0 heterocycles. The fourth-order valence-corrected chi connectivity index (χ4v) is 0.691. The summed E-state index contributed by atoms with van der Waals surface area (Å²) in [5, 5.41) is 0. The Balaban J connectivity index is 3.43. The summed E-state index contributed by atoms with van der Waals surface area (Å²) in [6.07, 6.45) is 9.31. The van der Waals surface area contributed by atoms with Gasteiger partial charge in [-0.1, -0.05) is 50.3 Å². The van der Waals surface area contributed by atoms with Crippen molar-refractivity contribution >= 4 is 0 Å². The van der Waals surface area contributed by atoms with Crippen molar-refractivity contribution in [3.05, 3.63) is 37.0 Å². The molecule has 0 aliphatic heterocycles. The molecular weight excluding hydrogens is 120 g/mol. The van der Waals surface area contributed by atoms with Gasteiger partial charge in [-0.15, -0.1) is 0 Å². The molecule has 10 heavy (non-hydrogen) atoms. The quantitative estimate of drug-likeness (QED) is 0.508. The molecule has 0 amide bonds. The second-order valence-electron chi connectivity index (χ2n) is 2.36. The molecule has 56 valence electrons. The van der Waals surface area contributed by atoms with Gasteiger partial charge in [0.2, 0.25) is 0 Å². The fraction of sp³-hybridized carbons (Fsp3) is 0.400. The molecule has 0 aliphatic carbocycles. The van der Waals surface area contributed by atoms with Crippen LogP contribution in [-0.4, -0.2) is 0 Å². The lowest BCUT2D eigenvalue weighted by molar-refractivity contribution is 0.799. The molecule has 0 rings (SSSR count). The van der Waals surface area contributed by atoms with Crippen molar-refractivity contribution in [3.63, 3.8) is 0 Å². The summed E-state index contributed by atoms with van der Waals surface area (Å²) in [6, 6.07) is 0. The van der Waals surface area contributed by atoms with Crippen molar-refractivity contribution in [3.8, 4) is 0 Å². The van der Waals surface area contributed by atoms with Gasteiger partial charge < -0.3 is 0 Å². The largest absolute Gasteiger partial charge is 0.0991 e. The molecule has 0 unspecified atom stereocenters. The van der Waals surface area contributed by atoms with Crippen LogP contribution in [0.2, 0.25) is 0 Å². The van der Waals surface area contributed by atoms with Gasteiger partial charge in [0.25, 0.3) is 0 Å². The first-order chi connectivity index (χ1) is 4.81. The number of rotatable bonds is 5. The van der Waals surface area contributed by atoms with Crippen molar-refractivity contribution in [1.29, 1.82) is 0 Å². The summed E-state index contributed by atoms with van der Waals surface area (Å²) in [7, 11) is 0. The van der Waals surface area contributed by atoms with E-state index in [4.69, 9.17) is 0 Å². The second kappa shape index (κ2) is 6.34. The standard InChI is InChI=1S/C10H16/c1-4-6-8-10(3)9-7-5-2/h4,6,8H,1,3,5,7,9H2,2H3/b8-6+. The molecule has 0 aromatic heterocycles. The maximum Gasteiger partial charge on any atom is -0.0285 e. The van der Waals surface area contributed by atoms with Crippen LogP contribution < -0.4 is 0 Å². The number of unbranched alkanes of at least 4 members (excludes halogenated alkanes) is 1. The van der Waals surface area contributed by atoms with Crippen LogP contribution in [0.15, 0.2) is 37.0 Å². The number of hydrogen-bond donors (Lipinski definition) is 0. The summed E-state index contributed by atoms with van der Waals surface area (Å²) in [5.74, 6) is 0. The van der Waals surface area contributed by atoms with Crippen LogP contribution in [0.4, 0.5) is 0 Å². The Hall–Kier alpha value is -0.780. The Labute approximate surface area is 64.0 Å². The smallest absolute Gasteiger partial charge is 0.0285 e. The van der Waals surface area contributed by atoms with E-state index in [0.29, 0.717) is 0 Å². The van der Waals surface area contributed by atoms with Gasteiger partial charge in [-0.05, 0) is 12.8 Å². The highest BCUT2D eigenvalue weighted by molar-refractivity contribution is 5.17. The zero-order valence-electron chi connectivity index (χ0n) is 6.77. The Bertz CT molecular complexity index is 129. The van der Waals surface area contributed by atoms with E-state index in [1.54, 1.807) is 6.08 Å². The lowest BCUT2D eigenvalue weighted by Crippen LogP contribution is -1.74. The summed E-state index contributed by atoms with van der Waals surface area (Å²) in [4.78, 5) is 0. The molecule has 0 fully saturated rings. The van der Waals surface area contributed by atoms with E-state index in [2.05, 4.69) is 20.1 Å². The SMILES string of the molecule is C=C/C=C/C(=C)CCCC. The van der Waals surface area contributed by atoms with Crippen molar-refractivity contribution in [2.75, 3.05) is 0 Å². The molecule has 0 spiro atoms. The van der Waals surface area contributed by atoms with Gasteiger partial charge in [0, 0.05) is 0 Å². The summed E-state index contributed by atoms with van der Waals surface area (Å²) in [6.45, 7) is 9.67. The minimum absolute atomic E-state index is 1.11. The van der Waals surface area contributed by atoms with Crippen LogP contribution >= 0.6 is 0 Å². The highest BCUT2D eigenvalue weighted by Crippen LogP contribution is 2.05. The van der Waals surface area contributed by atoms with Gasteiger partial charge in [0.05, 0.1) is 0 Å². The Morgan fingerprint density at radius 2 is 2.20 bits per heavy atom. The molecule has 0 N–H and O–H groups in total. The Kier molecular flexibility index (Phi) is 5.85. The third kappa shape index (κ3) is 5.36. The van der Waals surface area contributed by atoms with Gasteiger partial charge in [-0.2, -0.15) is 0 Å². The normalized spacial score (nSPS) is 10.1. The van der Waals surface area contributed by atoms with Gasteiger partial charge in [-0.25, -0.2) is 0 Å². The summed E-state index contributed by atoms with van der Waals surface area (Å²) < 4.78 is 0. The minimum Gasteiger partial charge on any atom is -0.0991 e. The number of allylic oxidation sites excluding steroid dienone is 4. The molecule has 0 atom stereocenters. The van der Waals surface area contributed by atoms with Gasteiger partial charge in [-0.3, -0.25) is 0 Å². The average Bonchev–Trinajstić information content (AvgIpc) is 1.97. The molecule has 0 saturated heterocycles.